The summed E-state index contributed by atoms with van der Waals surface area (Å²) in [5.74, 6) is 0.504. The molecule has 2 aromatic rings. The van der Waals surface area contributed by atoms with Crippen molar-refractivity contribution in [1.82, 2.24) is 20.0 Å². The van der Waals surface area contributed by atoms with Crippen LogP contribution >= 0.6 is 12.4 Å². The Morgan fingerprint density at radius 1 is 1.31 bits per heavy atom. The topological polar surface area (TPSA) is 102 Å². The summed E-state index contributed by atoms with van der Waals surface area (Å²) < 4.78 is 6.90. The first-order valence-electron chi connectivity index (χ1n) is 9.53. The second-order valence-corrected chi connectivity index (χ2v) is 6.94. The van der Waals surface area contributed by atoms with Gasteiger partial charge >= 0.3 is 0 Å². The first kappa shape index (κ1) is 22.7. The van der Waals surface area contributed by atoms with Gasteiger partial charge in [0.2, 0.25) is 5.91 Å². The lowest BCUT2D eigenvalue weighted by Crippen LogP contribution is -2.46. The van der Waals surface area contributed by atoms with Gasteiger partial charge in [0.15, 0.2) is 0 Å². The number of amides is 2. The Bertz CT molecular complexity index is 809. The molecule has 1 aromatic carbocycles. The van der Waals surface area contributed by atoms with E-state index in [1.807, 2.05) is 24.3 Å². The maximum absolute atomic E-state index is 12.8. The van der Waals surface area contributed by atoms with Crippen molar-refractivity contribution in [2.24, 2.45) is 11.7 Å². The first-order valence-corrected chi connectivity index (χ1v) is 9.53. The predicted octanol–water partition coefficient (Wildman–Crippen LogP) is 1.29. The first-order chi connectivity index (χ1) is 13.6. The van der Waals surface area contributed by atoms with E-state index in [4.69, 9.17) is 10.5 Å². The molecule has 29 heavy (non-hydrogen) atoms. The molecule has 1 aromatic heterocycles. The number of benzene rings is 1. The number of halogens is 1. The fraction of sp³-hybridized carbons (Fsp3) is 0.450. The average Bonchev–Trinajstić information content (AvgIpc) is 3.20. The van der Waals surface area contributed by atoms with Crippen LogP contribution in [0.4, 0.5) is 0 Å². The molecule has 0 saturated carbocycles. The van der Waals surface area contributed by atoms with E-state index < -0.39 is 0 Å². The molecular weight excluding hydrogens is 394 g/mol. The number of aromatic nitrogens is 2. The molecule has 1 saturated heterocycles. The maximum atomic E-state index is 12.8. The molecule has 1 aliphatic heterocycles. The standard InChI is InChI=1S/C20H27N5O3.ClH/c1-28-18-6-4-15(5-7-18)12-25-14-17(11-23-25)20(27)24-10-2-3-16(13-24)19(26)22-9-8-21;/h4-7,11,14,16H,2-3,8-10,12-13,21H2,1H3,(H,22,26);1H. The van der Waals surface area contributed by atoms with Gasteiger partial charge in [0.1, 0.15) is 5.75 Å². The van der Waals surface area contributed by atoms with Gasteiger partial charge in [0.25, 0.3) is 5.91 Å². The molecule has 8 nitrogen and oxygen atoms in total. The Kier molecular flexibility index (Phi) is 8.48. The van der Waals surface area contributed by atoms with Crippen LogP contribution in [0.1, 0.15) is 28.8 Å². The molecule has 158 valence electrons. The minimum absolute atomic E-state index is 0. The van der Waals surface area contributed by atoms with E-state index in [1.54, 1.807) is 29.1 Å². The van der Waals surface area contributed by atoms with Crippen molar-refractivity contribution in [3.63, 3.8) is 0 Å². The highest BCUT2D eigenvalue weighted by atomic mass is 35.5. The molecule has 0 aliphatic carbocycles. The molecule has 3 rings (SSSR count). The van der Waals surface area contributed by atoms with Crippen LogP contribution in [-0.2, 0) is 11.3 Å². The van der Waals surface area contributed by atoms with Crippen molar-refractivity contribution in [2.45, 2.75) is 19.4 Å². The van der Waals surface area contributed by atoms with Gasteiger partial charge in [-0.3, -0.25) is 14.3 Å². The minimum Gasteiger partial charge on any atom is -0.497 e. The Morgan fingerprint density at radius 3 is 2.76 bits per heavy atom. The van der Waals surface area contributed by atoms with Crippen LogP contribution in [0.25, 0.3) is 0 Å². The molecule has 2 heterocycles. The van der Waals surface area contributed by atoms with Crippen LogP contribution in [0.2, 0.25) is 0 Å². The third-order valence-electron chi connectivity index (χ3n) is 4.91. The SMILES string of the molecule is COc1ccc(Cn2cc(C(=O)N3CCCC(C(=O)NCCN)C3)cn2)cc1.Cl. The summed E-state index contributed by atoms with van der Waals surface area (Å²) >= 11 is 0. The van der Waals surface area contributed by atoms with Crippen molar-refractivity contribution < 1.29 is 14.3 Å². The number of rotatable bonds is 7. The Hall–Kier alpha value is -2.58. The summed E-state index contributed by atoms with van der Waals surface area (Å²) in [6.45, 7) is 2.53. The van der Waals surface area contributed by atoms with Gasteiger partial charge in [-0.05, 0) is 30.5 Å². The van der Waals surface area contributed by atoms with E-state index in [9.17, 15) is 9.59 Å². The number of piperidine rings is 1. The summed E-state index contributed by atoms with van der Waals surface area (Å²) in [6, 6.07) is 7.73. The maximum Gasteiger partial charge on any atom is 0.257 e. The summed E-state index contributed by atoms with van der Waals surface area (Å²) in [5.41, 5.74) is 7.04. The lowest BCUT2D eigenvalue weighted by molar-refractivity contribution is -0.126. The number of nitrogens with two attached hydrogens (primary N) is 1. The van der Waals surface area contributed by atoms with Gasteiger partial charge in [-0.15, -0.1) is 12.4 Å². The van der Waals surface area contributed by atoms with Gasteiger partial charge in [-0.2, -0.15) is 5.10 Å². The van der Waals surface area contributed by atoms with Crippen LogP contribution in [0.3, 0.4) is 0 Å². The van der Waals surface area contributed by atoms with Crippen molar-refractivity contribution in [3.05, 3.63) is 47.8 Å². The number of hydrogen-bond donors (Lipinski definition) is 2. The Balaban J connectivity index is 0.00000300. The molecule has 0 bridgehead atoms. The highest BCUT2D eigenvalue weighted by Gasteiger charge is 2.29. The molecule has 9 heteroatoms. The zero-order valence-electron chi connectivity index (χ0n) is 16.5. The number of carbonyl (C=O) groups is 2. The average molecular weight is 422 g/mol. The molecule has 0 radical (unpaired) electrons. The highest BCUT2D eigenvalue weighted by molar-refractivity contribution is 5.94. The lowest BCUT2D eigenvalue weighted by atomic mass is 9.96. The summed E-state index contributed by atoms with van der Waals surface area (Å²) in [5, 5.41) is 7.12. The quantitative estimate of drug-likeness (QED) is 0.701. The fourth-order valence-corrected chi connectivity index (χ4v) is 3.38. The summed E-state index contributed by atoms with van der Waals surface area (Å²) in [7, 11) is 1.63. The number of ether oxygens (including phenoxy) is 1. The van der Waals surface area contributed by atoms with E-state index in [-0.39, 0.29) is 30.1 Å². The van der Waals surface area contributed by atoms with Gasteiger partial charge in [-0.1, -0.05) is 12.1 Å². The van der Waals surface area contributed by atoms with Crippen molar-refractivity contribution in [2.75, 3.05) is 33.3 Å². The second kappa shape index (κ2) is 10.8. The number of carbonyl (C=O) groups excluding carboxylic acids is 2. The number of methoxy groups -OCH3 is 1. The largest absolute Gasteiger partial charge is 0.497 e. The third-order valence-corrected chi connectivity index (χ3v) is 4.91. The molecule has 0 spiro atoms. The van der Waals surface area contributed by atoms with E-state index in [2.05, 4.69) is 10.4 Å². The molecule has 1 unspecified atom stereocenters. The molecule has 3 N–H and O–H groups in total. The van der Waals surface area contributed by atoms with Crippen LogP contribution in [0, 0.1) is 5.92 Å². The number of likely N-dealkylation sites (tertiary alicyclic amines) is 1. The molecule has 2 amide bonds. The third kappa shape index (κ3) is 5.95. The van der Waals surface area contributed by atoms with E-state index in [1.165, 1.54) is 0 Å². The van der Waals surface area contributed by atoms with Crippen LogP contribution < -0.4 is 15.8 Å². The number of nitrogens with zero attached hydrogens (tertiary/aromatic N) is 3. The van der Waals surface area contributed by atoms with E-state index in [0.29, 0.717) is 38.3 Å². The molecule has 1 atom stereocenters. The smallest absolute Gasteiger partial charge is 0.257 e. The number of hydrogen-bond acceptors (Lipinski definition) is 5. The lowest BCUT2D eigenvalue weighted by Gasteiger charge is -2.31. The van der Waals surface area contributed by atoms with Gasteiger partial charge < -0.3 is 20.7 Å². The molecular formula is C20H28ClN5O3. The summed E-state index contributed by atoms with van der Waals surface area (Å²) in [4.78, 5) is 26.8. The number of nitrogens with one attached hydrogen (secondary N) is 1. The predicted molar refractivity (Wildman–Crippen MR) is 112 cm³/mol. The van der Waals surface area contributed by atoms with Crippen molar-refractivity contribution in [3.8, 4) is 5.75 Å². The minimum atomic E-state index is -0.182. The van der Waals surface area contributed by atoms with Crippen molar-refractivity contribution >= 4 is 24.2 Å². The van der Waals surface area contributed by atoms with Crippen LogP contribution in [0.5, 0.6) is 5.75 Å². The Morgan fingerprint density at radius 2 is 2.07 bits per heavy atom. The molecule has 1 fully saturated rings. The Labute approximate surface area is 176 Å². The van der Waals surface area contributed by atoms with Crippen LogP contribution in [-0.4, -0.2) is 59.8 Å². The zero-order chi connectivity index (χ0) is 19.9. The fourth-order valence-electron chi connectivity index (χ4n) is 3.38. The second-order valence-electron chi connectivity index (χ2n) is 6.94. The summed E-state index contributed by atoms with van der Waals surface area (Å²) in [6.07, 6.45) is 4.94. The van der Waals surface area contributed by atoms with Crippen molar-refractivity contribution in [1.29, 1.82) is 0 Å². The highest BCUT2D eigenvalue weighted by Crippen LogP contribution is 2.19. The van der Waals surface area contributed by atoms with Gasteiger partial charge in [0.05, 0.1) is 31.3 Å². The van der Waals surface area contributed by atoms with Crippen LogP contribution in [0.15, 0.2) is 36.7 Å². The van der Waals surface area contributed by atoms with Gasteiger partial charge in [0, 0.05) is 32.4 Å². The monoisotopic (exact) mass is 421 g/mol. The van der Waals surface area contributed by atoms with E-state index >= 15 is 0 Å². The van der Waals surface area contributed by atoms with Gasteiger partial charge in [-0.25, -0.2) is 0 Å². The molecule has 1 aliphatic rings. The normalized spacial score (nSPS) is 16.1. The zero-order valence-corrected chi connectivity index (χ0v) is 17.4. The van der Waals surface area contributed by atoms with E-state index in [0.717, 1.165) is 24.2 Å².